The zero-order valence-corrected chi connectivity index (χ0v) is 23.9. The number of fused-ring (bicyclic) bond motifs is 1. The van der Waals surface area contributed by atoms with Crippen molar-refractivity contribution in [1.29, 1.82) is 5.41 Å². The van der Waals surface area contributed by atoms with E-state index in [4.69, 9.17) is 28.5 Å². The Labute approximate surface area is 245 Å². The van der Waals surface area contributed by atoms with Gasteiger partial charge in [-0.2, -0.15) is 0 Å². The summed E-state index contributed by atoms with van der Waals surface area (Å²) in [6.07, 6.45) is 3.29. The van der Waals surface area contributed by atoms with E-state index in [-0.39, 0.29) is 44.9 Å². The Morgan fingerprint density at radius 3 is 2.75 bits per heavy atom. The smallest absolute Gasteiger partial charge is 0.352 e. The van der Waals surface area contributed by atoms with E-state index in [0.717, 1.165) is 29.1 Å². The fourth-order valence-electron chi connectivity index (χ4n) is 4.57. The molecule has 18 heteroatoms. The molecule has 3 aliphatic heterocycles. The van der Waals surface area contributed by atoms with Crippen LogP contribution in [0, 0.1) is 5.41 Å². The molecule has 1 aromatic rings. The van der Waals surface area contributed by atoms with Crippen molar-refractivity contribution in [2.24, 2.45) is 10.9 Å². The van der Waals surface area contributed by atoms with Crippen molar-refractivity contribution in [2.75, 3.05) is 23.8 Å². The van der Waals surface area contributed by atoms with Crippen LogP contribution in [0.25, 0.3) is 0 Å². The zero-order chi connectivity index (χ0) is 29.1. The van der Waals surface area contributed by atoms with Crippen molar-refractivity contribution in [3.8, 4) is 0 Å². The normalized spacial score (nSPS) is 22.9. The molecule has 214 valence electrons. The monoisotopic (exact) mass is 628 g/mol. The van der Waals surface area contributed by atoms with E-state index >= 15 is 0 Å². The second-order valence-corrected chi connectivity index (χ2v) is 12.6. The van der Waals surface area contributed by atoms with Gasteiger partial charge in [-0.3, -0.25) is 24.7 Å². The highest BCUT2D eigenvalue weighted by Crippen LogP contribution is 2.41. The van der Waals surface area contributed by atoms with Gasteiger partial charge >= 0.3 is 5.97 Å². The summed E-state index contributed by atoms with van der Waals surface area (Å²) in [6, 6.07) is -0.994. The van der Waals surface area contributed by atoms with Gasteiger partial charge in [0.05, 0.1) is 6.42 Å². The number of likely N-dealkylation sites (tertiary alicyclic amines) is 1. The molecule has 0 aliphatic carbocycles. The number of oxime groups is 1. The first-order valence-corrected chi connectivity index (χ1v) is 15.1. The number of aromatic nitrogens is 1. The van der Waals surface area contributed by atoms with Crippen LogP contribution in [0.1, 0.15) is 25.0 Å². The number of β-lactam (4-membered cyclic amide) rings is 1. The van der Waals surface area contributed by atoms with Crippen LogP contribution >= 0.6 is 46.5 Å². The minimum absolute atomic E-state index is 0.0315. The van der Waals surface area contributed by atoms with Crippen LogP contribution in [0.15, 0.2) is 27.9 Å². The van der Waals surface area contributed by atoms with Crippen LogP contribution in [0.5, 0.6) is 0 Å². The number of thiazole rings is 1. The lowest BCUT2D eigenvalue weighted by molar-refractivity contribution is -0.150. The lowest BCUT2D eigenvalue weighted by Gasteiger charge is -2.49. The first kappa shape index (κ1) is 29.7. The molecule has 40 heavy (non-hydrogen) atoms. The lowest BCUT2D eigenvalue weighted by atomic mass is 10.0. The maximum Gasteiger partial charge on any atom is 0.352 e. The minimum atomic E-state index is -1.28. The number of carbonyl (C=O) groups is 4. The van der Waals surface area contributed by atoms with Gasteiger partial charge in [0, 0.05) is 24.1 Å². The molecule has 3 aliphatic rings. The van der Waals surface area contributed by atoms with Gasteiger partial charge in [-0.15, -0.1) is 23.5 Å². The number of thioether (sulfide) groups is 2. The third-order valence-electron chi connectivity index (χ3n) is 6.35. The summed E-state index contributed by atoms with van der Waals surface area (Å²) in [4.78, 5) is 55.8. The number of nitrogens with two attached hydrogens (primary N) is 2. The molecular formula is C22H25ClN8O6S3. The highest BCUT2D eigenvalue weighted by atomic mass is 35.5. The quantitative estimate of drug-likeness (QED) is 0.0699. The number of allylic oxidation sites excluding steroid dienone is 1. The number of halogens is 1. The third-order valence-corrected chi connectivity index (χ3v) is 9.64. The number of rotatable bonds is 10. The number of carboxylic acid groups (broad SMARTS) is 1. The second kappa shape index (κ2) is 12.5. The molecule has 0 spiro atoms. The zero-order valence-electron chi connectivity index (χ0n) is 20.7. The molecule has 2 fully saturated rings. The van der Waals surface area contributed by atoms with E-state index < -0.39 is 40.8 Å². The number of carbonyl (C=O) groups excluding carboxylic acids is 3. The summed E-state index contributed by atoms with van der Waals surface area (Å²) < 4.78 is 0.0315. The average Bonchev–Trinajstić information content (AvgIpc) is 3.50. The van der Waals surface area contributed by atoms with Crippen molar-refractivity contribution >= 4 is 86.8 Å². The van der Waals surface area contributed by atoms with E-state index in [1.54, 1.807) is 11.5 Å². The van der Waals surface area contributed by atoms with Crippen molar-refractivity contribution in [3.05, 3.63) is 32.8 Å². The molecule has 0 unspecified atom stereocenters. The Bertz CT molecular complexity index is 1350. The number of amidine groups is 1. The number of hydrogen-bond donors (Lipinski definition) is 6. The largest absolute Gasteiger partial charge is 0.477 e. The third kappa shape index (κ3) is 6.06. The molecule has 4 rings (SSSR count). The topological polar surface area (TPSA) is 228 Å². The molecule has 2 saturated heterocycles. The highest BCUT2D eigenvalue weighted by molar-refractivity contribution is 8.02. The van der Waals surface area contributed by atoms with Gasteiger partial charge < -0.3 is 32.0 Å². The van der Waals surface area contributed by atoms with Gasteiger partial charge in [-0.05, 0) is 29.9 Å². The molecular weight excluding hydrogens is 604 g/mol. The molecule has 14 nitrogen and oxygen atoms in total. The number of hydrogen-bond acceptors (Lipinski definition) is 12. The minimum Gasteiger partial charge on any atom is -0.477 e. The number of nitrogens with one attached hydrogen (secondary N) is 2. The predicted octanol–water partition coefficient (Wildman–Crippen LogP) is 0.860. The number of primary amides is 1. The van der Waals surface area contributed by atoms with Crippen molar-refractivity contribution in [2.45, 2.75) is 36.7 Å². The average molecular weight is 629 g/mol. The van der Waals surface area contributed by atoms with Gasteiger partial charge in [-0.25, -0.2) is 9.78 Å². The number of carboxylic acids is 1. The molecule has 0 radical (unpaired) electrons. The van der Waals surface area contributed by atoms with Crippen molar-refractivity contribution in [1.82, 2.24) is 20.1 Å². The Hall–Kier alpha value is -3.28. The van der Waals surface area contributed by atoms with Crippen LogP contribution in [-0.2, 0) is 19.2 Å². The molecule has 3 atom stereocenters. The molecule has 0 saturated carbocycles. The van der Waals surface area contributed by atoms with Crippen LogP contribution in [0.4, 0.5) is 5.13 Å². The van der Waals surface area contributed by atoms with E-state index in [9.17, 15) is 29.5 Å². The molecule has 0 bridgehead atoms. The van der Waals surface area contributed by atoms with E-state index in [1.165, 1.54) is 23.5 Å². The predicted molar refractivity (Wildman–Crippen MR) is 152 cm³/mol. The van der Waals surface area contributed by atoms with Gasteiger partial charge in [0.15, 0.2) is 10.8 Å². The standard InChI is InChI=1S/C22H25ClN8O6S3/c23-17-13(28-22(26)40-17)14(29-37)18(33)27-15-19(34)31-16(21(35)36)9(7-39-20(15)31)3-5-38-8-10-2-1-4-30(10)11(24)6-12(25)32/h3,5,10,15,20,24,37H,1-2,4,6-8H2,(H2,25,32)(H2,26,28)(H,27,33)(H,35,36)/b5-3?,24-11?,29-14-/t10-,15+,20+/m0/s1. The first-order valence-electron chi connectivity index (χ1n) is 11.8. The SMILES string of the molecule is N=C(CC(N)=O)N1CCC[C@H]1CSC=CC1=C(C(=O)O)N2C(=O)[C@@H](NC(=O)/C(=N\O)c3nc(N)sc3Cl)[C@H]2SC1. The maximum absolute atomic E-state index is 12.9. The molecule has 0 aromatic carbocycles. The molecule has 1 aromatic heterocycles. The number of nitrogen functional groups attached to an aromatic ring is 1. The molecule has 4 heterocycles. The van der Waals surface area contributed by atoms with Crippen LogP contribution < -0.4 is 16.8 Å². The summed E-state index contributed by atoms with van der Waals surface area (Å²) in [5, 5.41) is 33.9. The first-order chi connectivity index (χ1) is 19.0. The number of nitrogens with zero attached hydrogens (tertiary/aromatic N) is 4. The summed E-state index contributed by atoms with van der Waals surface area (Å²) in [5.74, 6) is -2.28. The maximum atomic E-state index is 12.9. The van der Waals surface area contributed by atoms with Gasteiger partial charge in [0.1, 0.15) is 33.0 Å². The Morgan fingerprint density at radius 2 is 2.12 bits per heavy atom. The van der Waals surface area contributed by atoms with Crippen LogP contribution in [0.2, 0.25) is 4.34 Å². The Morgan fingerprint density at radius 1 is 1.38 bits per heavy atom. The summed E-state index contributed by atoms with van der Waals surface area (Å²) in [5.41, 5.74) is 10.4. The molecule has 3 amide bonds. The fraction of sp³-hybridized carbons (Fsp3) is 0.409. The Balaban J connectivity index is 1.40. The molecule has 8 N–H and O–H groups in total. The number of amides is 3. The number of anilines is 1. The van der Waals surface area contributed by atoms with E-state index in [2.05, 4.69) is 15.5 Å². The lowest BCUT2D eigenvalue weighted by Crippen LogP contribution is -2.71. The van der Waals surface area contributed by atoms with Crippen molar-refractivity contribution in [3.63, 3.8) is 0 Å². The van der Waals surface area contributed by atoms with Crippen molar-refractivity contribution < 1.29 is 29.5 Å². The van der Waals surface area contributed by atoms with Crippen LogP contribution in [0.3, 0.4) is 0 Å². The van der Waals surface area contributed by atoms with E-state index in [0.29, 0.717) is 17.9 Å². The summed E-state index contributed by atoms with van der Waals surface area (Å²) in [6.45, 7) is 0.679. The summed E-state index contributed by atoms with van der Waals surface area (Å²) >= 11 is 9.60. The summed E-state index contributed by atoms with van der Waals surface area (Å²) in [7, 11) is 0. The van der Waals surface area contributed by atoms with Gasteiger partial charge in [0.25, 0.3) is 11.8 Å². The van der Waals surface area contributed by atoms with Crippen LogP contribution in [-0.4, -0.2) is 95.8 Å². The van der Waals surface area contributed by atoms with E-state index in [1.807, 2.05) is 4.90 Å². The highest BCUT2D eigenvalue weighted by Gasteiger charge is 2.54. The van der Waals surface area contributed by atoms with Gasteiger partial charge in [0.2, 0.25) is 5.91 Å². The Kier molecular flexibility index (Phi) is 9.27. The number of aliphatic carboxylic acids is 1. The van der Waals surface area contributed by atoms with Gasteiger partial charge in [-0.1, -0.05) is 28.1 Å². The fourth-order valence-corrected chi connectivity index (χ4v) is 7.76. The second-order valence-electron chi connectivity index (χ2n) is 8.88.